The van der Waals surface area contributed by atoms with Crippen molar-refractivity contribution < 1.29 is 4.79 Å². The molecule has 15 heavy (non-hydrogen) atoms. The van der Waals surface area contributed by atoms with Crippen LogP contribution < -0.4 is 0 Å². The van der Waals surface area contributed by atoms with Crippen molar-refractivity contribution in [2.45, 2.75) is 0 Å². The summed E-state index contributed by atoms with van der Waals surface area (Å²) in [7, 11) is 3.40. The number of nitrogens with zero attached hydrogens (tertiary/aromatic N) is 1. The summed E-state index contributed by atoms with van der Waals surface area (Å²) >= 11 is 6.12. The van der Waals surface area contributed by atoms with Crippen molar-refractivity contribution in [3.8, 4) is 0 Å². The number of aromatic nitrogens is 1. The zero-order chi connectivity index (χ0) is 11.0. The molecule has 1 heterocycles. The number of hydrogen-bond donors (Lipinski definition) is 1. The fourth-order valence-electron chi connectivity index (χ4n) is 1.48. The second-order valence-corrected chi connectivity index (χ2v) is 3.94. The van der Waals surface area contributed by atoms with E-state index in [9.17, 15) is 4.79 Å². The van der Waals surface area contributed by atoms with E-state index in [2.05, 4.69) is 4.98 Å². The molecule has 4 heteroatoms. The van der Waals surface area contributed by atoms with Crippen LogP contribution in [0.15, 0.2) is 24.3 Å². The number of carbonyl (C=O) groups is 1. The zero-order valence-electron chi connectivity index (χ0n) is 8.54. The number of halogens is 1. The Hall–Kier alpha value is -1.48. The number of fused-ring (bicyclic) bond motifs is 1. The summed E-state index contributed by atoms with van der Waals surface area (Å²) in [6, 6.07) is 7.58. The molecule has 0 aliphatic heterocycles. The van der Waals surface area contributed by atoms with Crippen molar-refractivity contribution in [3.63, 3.8) is 0 Å². The largest absolute Gasteiger partial charge is 0.349 e. The number of rotatable bonds is 1. The summed E-state index contributed by atoms with van der Waals surface area (Å²) < 4.78 is 0. The van der Waals surface area contributed by atoms with Crippen LogP contribution in [0, 0.1) is 0 Å². The lowest BCUT2D eigenvalue weighted by atomic mass is 10.2. The summed E-state index contributed by atoms with van der Waals surface area (Å²) in [5.41, 5.74) is 1.33. The van der Waals surface area contributed by atoms with E-state index in [0.29, 0.717) is 10.7 Å². The van der Waals surface area contributed by atoms with Crippen molar-refractivity contribution in [3.05, 3.63) is 35.0 Å². The number of amides is 1. The fourth-order valence-corrected chi connectivity index (χ4v) is 1.77. The summed E-state index contributed by atoms with van der Waals surface area (Å²) in [4.78, 5) is 16.3. The molecule has 0 bridgehead atoms. The van der Waals surface area contributed by atoms with E-state index in [1.807, 2.05) is 24.3 Å². The molecular formula is C11H11ClN2O. The van der Waals surface area contributed by atoms with E-state index in [-0.39, 0.29) is 5.91 Å². The number of para-hydroxylation sites is 1. The van der Waals surface area contributed by atoms with Gasteiger partial charge >= 0.3 is 0 Å². The van der Waals surface area contributed by atoms with Gasteiger partial charge in [-0.3, -0.25) is 4.79 Å². The van der Waals surface area contributed by atoms with Crippen molar-refractivity contribution in [2.24, 2.45) is 0 Å². The first-order valence-corrected chi connectivity index (χ1v) is 4.97. The van der Waals surface area contributed by atoms with Gasteiger partial charge in [-0.25, -0.2) is 0 Å². The molecule has 1 aromatic carbocycles. The minimum Gasteiger partial charge on any atom is -0.349 e. The van der Waals surface area contributed by atoms with E-state index in [1.165, 1.54) is 4.90 Å². The molecule has 0 aliphatic carbocycles. The summed E-state index contributed by atoms with van der Waals surface area (Å²) in [6.07, 6.45) is 0. The Labute approximate surface area is 92.6 Å². The Morgan fingerprint density at radius 1 is 1.33 bits per heavy atom. The molecule has 0 unspecified atom stereocenters. The van der Waals surface area contributed by atoms with Crippen LogP contribution in [0.4, 0.5) is 0 Å². The highest BCUT2D eigenvalue weighted by molar-refractivity contribution is 6.38. The van der Waals surface area contributed by atoms with Gasteiger partial charge in [0.05, 0.1) is 5.02 Å². The van der Waals surface area contributed by atoms with Crippen LogP contribution in [0.5, 0.6) is 0 Å². The minimum atomic E-state index is -0.115. The molecule has 78 valence electrons. The van der Waals surface area contributed by atoms with Crippen LogP contribution in [-0.2, 0) is 0 Å². The van der Waals surface area contributed by atoms with Gasteiger partial charge in [0.15, 0.2) is 0 Å². The monoisotopic (exact) mass is 222 g/mol. The Kier molecular flexibility index (Phi) is 2.40. The van der Waals surface area contributed by atoms with Gasteiger partial charge in [-0.05, 0) is 6.07 Å². The molecule has 3 nitrogen and oxygen atoms in total. The molecule has 0 saturated carbocycles. The summed E-state index contributed by atoms with van der Waals surface area (Å²) in [5.74, 6) is -0.115. The Morgan fingerprint density at radius 3 is 2.60 bits per heavy atom. The van der Waals surface area contributed by atoms with Crippen molar-refractivity contribution in [1.29, 1.82) is 0 Å². The molecule has 0 atom stereocenters. The second kappa shape index (κ2) is 3.59. The number of carbonyl (C=O) groups excluding carboxylic acids is 1. The number of hydrogen-bond acceptors (Lipinski definition) is 1. The number of nitrogens with one attached hydrogen (secondary N) is 1. The van der Waals surface area contributed by atoms with Gasteiger partial charge in [0.2, 0.25) is 0 Å². The van der Waals surface area contributed by atoms with Crippen LogP contribution in [0.25, 0.3) is 10.9 Å². The lowest BCUT2D eigenvalue weighted by Crippen LogP contribution is -2.22. The Bertz CT molecular complexity index is 516. The Balaban J connectivity index is 2.63. The van der Waals surface area contributed by atoms with E-state index >= 15 is 0 Å². The van der Waals surface area contributed by atoms with E-state index in [4.69, 9.17) is 11.6 Å². The second-order valence-electron chi connectivity index (χ2n) is 3.56. The lowest BCUT2D eigenvalue weighted by Gasteiger charge is -2.08. The molecule has 0 spiro atoms. The summed E-state index contributed by atoms with van der Waals surface area (Å²) in [6.45, 7) is 0. The van der Waals surface area contributed by atoms with Gasteiger partial charge < -0.3 is 9.88 Å². The van der Waals surface area contributed by atoms with Gasteiger partial charge in [-0.15, -0.1) is 0 Å². The maximum atomic E-state index is 11.7. The van der Waals surface area contributed by atoms with Crippen LogP contribution in [0.3, 0.4) is 0 Å². The number of benzene rings is 1. The van der Waals surface area contributed by atoms with E-state index in [1.54, 1.807) is 14.1 Å². The molecular weight excluding hydrogens is 212 g/mol. The van der Waals surface area contributed by atoms with Crippen molar-refractivity contribution >= 4 is 28.4 Å². The number of aromatic amines is 1. The molecule has 1 N–H and O–H groups in total. The molecule has 1 aromatic heterocycles. The standard InChI is InChI=1S/C11H11ClN2O/c1-14(2)11(15)10-9(12)7-5-3-4-6-8(7)13-10/h3-6,13H,1-2H3. The topological polar surface area (TPSA) is 36.1 Å². The van der Waals surface area contributed by atoms with Gasteiger partial charge in [-0.2, -0.15) is 0 Å². The van der Waals surface area contributed by atoms with Gasteiger partial charge in [0.1, 0.15) is 5.69 Å². The number of H-pyrrole nitrogens is 1. The predicted molar refractivity (Wildman–Crippen MR) is 61.3 cm³/mol. The molecule has 1 amide bonds. The third-order valence-electron chi connectivity index (χ3n) is 2.26. The van der Waals surface area contributed by atoms with Crippen LogP contribution in [0.2, 0.25) is 5.02 Å². The highest BCUT2D eigenvalue weighted by Gasteiger charge is 2.17. The van der Waals surface area contributed by atoms with Crippen molar-refractivity contribution in [1.82, 2.24) is 9.88 Å². The van der Waals surface area contributed by atoms with E-state index in [0.717, 1.165) is 10.9 Å². The molecule has 0 saturated heterocycles. The van der Waals surface area contributed by atoms with Crippen LogP contribution >= 0.6 is 11.6 Å². The van der Waals surface area contributed by atoms with Gasteiger partial charge in [0, 0.05) is 25.0 Å². The molecule has 2 rings (SSSR count). The molecule has 0 radical (unpaired) electrons. The van der Waals surface area contributed by atoms with Crippen LogP contribution in [-0.4, -0.2) is 29.9 Å². The quantitative estimate of drug-likeness (QED) is 0.791. The highest BCUT2D eigenvalue weighted by atomic mass is 35.5. The maximum absolute atomic E-state index is 11.7. The van der Waals surface area contributed by atoms with Crippen LogP contribution in [0.1, 0.15) is 10.5 Å². The fraction of sp³-hybridized carbons (Fsp3) is 0.182. The summed E-state index contributed by atoms with van der Waals surface area (Å²) in [5, 5.41) is 1.37. The smallest absolute Gasteiger partial charge is 0.271 e. The minimum absolute atomic E-state index is 0.115. The highest BCUT2D eigenvalue weighted by Crippen LogP contribution is 2.27. The normalized spacial score (nSPS) is 10.6. The molecule has 0 fully saturated rings. The predicted octanol–water partition coefficient (Wildman–Crippen LogP) is 2.52. The first-order chi connectivity index (χ1) is 7.11. The zero-order valence-corrected chi connectivity index (χ0v) is 9.30. The van der Waals surface area contributed by atoms with Gasteiger partial charge in [-0.1, -0.05) is 29.8 Å². The third kappa shape index (κ3) is 1.59. The Morgan fingerprint density at radius 2 is 2.00 bits per heavy atom. The molecule has 2 aromatic rings. The average molecular weight is 223 g/mol. The molecule has 0 aliphatic rings. The van der Waals surface area contributed by atoms with E-state index < -0.39 is 0 Å². The lowest BCUT2D eigenvalue weighted by molar-refractivity contribution is 0.0823. The van der Waals surface area contributed by atoms with Gasteiger partial charge in [0.25, 0.3) is 5.91 Å². The van der Waals surface area contributed by atoms with Crippen molar-refractivity contribution in [2.75, 3.05) is 14.1 Å². The average Bonchev–Trinajstić information content (AvgIpc) is 2.56. The first-order valence-electron chi connectivity index (χ1n) is 4.59. The first kappa shape index (κ1) is 10.1. The third-order valence-corrected chi connectivity index (χ3v) is 2.66. The SMILES string of the molecule is CN(C)C(=O)c1[nH]c2ccccc2c1Cl. The maximum Gasteiger partial charge on any atom is 0.271 e.